The van der Waals surface area contributed by atoms with E-state index in [0.717, 1.165) is 12.2 Å². The van der Waals surface area contributed by atoms with Gasteiger partial charge in [-0.3, -0.25) is 0 Å². The van der Waals surface area contributed by atoms with E-state index < -0.39 is 8.07 Å². The summed E-state index contributed by atoms with van der Waals surface area (Å²) in [6.07, 6.45) is 9.64. The number of hydrogen-bond acceptors (Lipinski definition) is 1. The standard InChI is InChI=1S/C20H28OSi/c1-7-15-21-19-17(20(2,3)4)13-10-14-18(19)22(5,6)16-11-8-9-12-16/h7-11,13-14H,1,12,15H2,2-6H3. The Morgan fingerprint density at radius 1 is 1.27 bits per heavy atom. The molecule has 0 fully saturated rings. The summed E-state index contributed by atoms with van der Waals surface area (Å²) in [6.45, 7) is 16.0. The number of benzene rings is 1. The fraction of sp³-hybridized carbons (Fsp3) is 0.400. The number of rotatable bonds is 5. The van der Waals surface area contributed by atoms with Gasteiger partial charge >= 0.3 is 0 Å². The van der Waals surface area contributed by atoms with Gasteiger partial charge in [0.1, 0.15) is 20.4 Å². The Labute approximate surface area is 136 Å². The Balaban J connectivity index is 2.57. The average Bonchev–Trinajstić information content (AvgIpc) is 2.98. The van der Waals surface area contributed by atoms with Crippen LogP contribution < -0.4 is 9.92 Å². The lowest BCUT2D eigenvalue weighted by Gasteiger charge is -2.31. The minimum atomic E-state index is -1.71. The summed E-state index contributed by atoms with van der Waals surface area (Å²) in [5.74, 6) is 1.08. The Bertz CT molecular complexity index is 615. The second-order valence-corrected chi connectivity index (χ2v) is 11.9. The molecule has 0 N–H and O–H groups in total. The molecule has 0 saturated heterocycles. The van der Waals surface area contributed by atoms with Gasteiger partial charge in [-0.25, -0.2) is 0 Å². The topological polar surface area (TPSA) is 9.23 Å². The van der Waals surface area contributed by atoms with Crippen molar-refractivity contribution in [1.82, 2.24) is 0 Å². The Kier molecular flexibility index (Phi) is 4.81. The van der Waals surface area contributed by atoms with Crippen molar-refractivity contribution in [3.63, 3.8) is 0 Å². The van der Waals surface area contributed by atoms with Crippen LogP contribution in [0, 0.1) is 0 Å². The molecule has 0 heterocycles. The maximum absolute atomic E-state index is 6.16. The molecule has 118 valence electrons. The zero-order valence-electron chi connectivity index (χ0n) is 14.6. The molecule has 0 aromatic heterocycles. The smallest absolute Gasteiger partial charge is 0.123 e. The summed E-state index contributed by atoms with van der Waals surface area (Å²) in [5, 5.41) is 2.97. The summed E-state index contributed by atoms with van der Waals surface area (Å²) >= 11 is 0. The minimum absolute atomic E-state index is 0.0688. The van der Waals surface area contributed by atoms with Crippen LogP contribution in [-0.4, -0.2) is 14.7 Å². The van der Waals surface area contributed by atoms with Crippen molar-refractivity contribution in [2.24, 2.45) is 0 Å². The molecule has 1 aliphatic carbocycles. The summed E-state index contributed by atoms with van der Waals surface area (Å²) in [4.78, 5) is 0. The van der Waals surface area contributed by atoms with Crippen LogP contribution in [0.1, 0.15) is 32.8 Å². The molecular weight excluding hydrogens is 284 g/mol. The van der Waals surface area contributed by atoms with E-state index in [9.17, 15) is 0 Å². The van der Waals surface area contributed by atoms with Crippen molar-refractivity contribution in [2.45, 2.75) is 45.7 Å². The van der Waals surface area contributed by atoms with Crippen molar-refractivity contribution in [2.75, 3.05) is 6.61 Å². The van der Waals surface area contributed by atoms with Crippen LogP contribution in [0.3, 0.4) is 0 Å². The molecule has 0 aliphatic heterocycles. The normalized spacial score (nSPS) is 14.9. The molecule has 0 unspecified atom stereocenters. The highest BCUT2D eigenvalue weighted by Crippen LogP contribution is 2.34. The monoisotopic (exact) mass is 312 g/mol. The van der Waals surface area contributed by atoms with E-state index in [4.69, 9.17) is 4.74 Å². The van der Waals surface area contributed by atoms with Gasteiger partial charge in [0.15, 0.2) is 0 Å². The van der Waals surface area contributed by atoms with Crippen molar-refractivity contribution in [3.8, 4) is 5.75 Å². The van der Waals surface area contributed by atoms with Gasteiger partial charge in [0.05, 0.1) is 0 Å². The number of hydrogen-bond donors (Lipinski definition) is 0. The molecule has 2 heteroatoms. The first-order valence-electron chi connectivity index (χ1n) is 8.02. The maximum atomic E-state index is 6.16. The first-order chi connectivity index (χ1) is 10.3. The van der Waals surface area contributed by atoms with Gasteiger partial charge in [-0.1, -0.05) is 88.1 Å². The second kappa shape index (κ2) is 6.29. The molecule has 2 rings (SSSR count). The molecule has 0 spiro atoms. The molecular formula is C20H28OSi. The largest absolute Gasteiger partial charge is 0.489 e. The first-order valence-corrected chi connectivity index (χ1v) is 11.0. The molecule has 1 aliphatic rings. The van der Waals surface area contributed by atoms with Gasteiger partial charge in [0.2, 0.25) is 0 Å². The van der Waals surface area contributed by atoms with Crippen LogP contribution in [0.15, 0.2) is 54.3 Å². The van der Waals surface area contributed by atoms with E-state index in [2.05, 4.69) is 76.9 Å². The average molecular weight is 313 g/mol. The van der Waals surface area contributed by atoms with Gasteiger partial charge in [-0.05, 0) is 22.6 Å². The minimum Gasteiger partial charge on any atom is -0.489 e. The van der Waals surface area contributed by atoms with E-state index >= 15 is 0 Å². The molecule has 22 heavy (non-hydrogen) atoms. The van der Waals surface area contributed by atoms with E-state index in [1.165, 1.54) is 10.8 Å². The number of para-hydroxylation sites is 1. The van der Waals surface area contributed by atoms with Crippen molar-refractivity contribution in [3.05, 3.63) is 59.8 Å². The zero-order valence-corrected chi connectivity index (χ0v) is 15.6. The SMILES string of the molecule is C=CCOc1c(C(C)(C)C)cccc1[Si](C)(C)C1=CC=CC1. The van der Waals surface area contributed by atoms with Crippen LogP contribution in [0.5, 0.6) is 5.75 Å². The second-order valence-electron chi connectivity index (χ2n) is 7.48. The van der Waals surface area contributed by atoms with Gasteiger partial charge in [-0.15, -0.1) is 0 Å². The third-order valence-corrected chi connectivity index (χ3v) is 8.13. The molecule has 0 saturated carbocycles. The van der Waals surface area contributed by atoms with Crippen molar-refractivity contribution in [1.29, 1.82) is 0 Å². The van der Waals surface area contributed by atoms with Crippen molar-refractivity contribution >= 4 is 13.3 Å². The quantitative estimate of drug-likeness (QED) is 0.555. The van der Waals surface area contributed by atoms with Crippen LogP contribution in [0.2, 0.25) is 13.1 Å². The molecule has 0 atom stereocenters. The van der Waals surface area contributed by atoms with E-state index in [1.807, 2.05) is 6.08 Å². The van der Waals surface area contributed by atoms with Gasteiger partial charge in [0.25, 0.3) is 0 Å². The van der Waals surface area contributed by atoms with Crippen LogP contribution in [0.25, 0.3) is 0 Å². The lowest BCUT2D eigenvalue weighted by molar-refractivity contribution is 0.354. The molecule has 0 bridgehead atoms. The lowest BCUT2D eigenvalue weighted by Crippen LogP contribution is -2.45. The third-order valence-electron chi connectivity index (χ3n) is 4.42. The van der Waals surface area contributed by atoms with Crippen molar-refractivity contribution < 1.29 is 4.74 Å². The highest BCUT2D eigenvalue weighted by molar-refractivity contribution is 6.96. The summed E-state index contributed by atoms with van der Waals surface area (Å²) < 4.78 is 6.16. The zero-order chi connectivity index (χ0) is 16.4. The lowest BCUT2D eigenvalue weighted by atomic mass is 9.86. The highest BCUT2D eigenvalue weighted by Gasteiger charge is 2.34. The van der Waals surface area contributed by atoms with E-state index in [0.29, 0.717) is 6.61 Å². The molecule has 0 amide bonds. The fourth-order valence-corrected chi connectivity index (χ4v) is 5.78. The molecule has 1 aromatic rings. The maximum Gasteiger partial charge on any atom is 0.123 e. The van der Waals surface area contributed by atoms with E-state index in [-0.39, 0.29) is 5.41 Å². The molecule has 1 aromatic carbocycles. The highest BCUT2D eigenvalue weighted by atomic mass is 28.3. The number of ether oxygens (including phenoxy) is 1. The molecule has 1 nitrogen and oxygen atoms in total. The summed E-state index contributed by atoms with van der Waals surface area (Å²) in [7, 11) is -1.71. The van der Waals surface area contributed by atoms with Gasteiger partial charge in [-0.2, -0.15) is 0 Å². The third kappa shape index (κ3) is 3.27. The predicted molar refractivity (Wildman–Crippen MR) is 99.8 cm³/mol. The Hall–Kier alpha value is -1.54. The Morgan fingerprint density at radius 3 is 2.55 bits per heavy atom. The summed E-state index contributed by atoms with van der Waals surface area (Å²) in [5.41, 5.74) is 1.36. The van der Waals surface area contributed by atoms with Gasteiger partial charge < -0.3 is 4.74 Å². The Morgan fingerprint density at radius 2 is 2.00 bits per heavy atom. The summed E-state index contributed by atoms with van der Waals surface area (Å²) in [6, 6.07) is 6.65. The van der Waals surface area contributed by atoms with Gasteiger partial charge in [0, 0.05) is 0 Å². The number of allylic oxidation sites excluding steroid dienone is 4. The van der Waals surface area contributed by atoms with E-state index in [1.54, 1.807) is 5.20 Å². The first kappa shape index (κ1) is 16.8. The fourth-order valence-electron chi connectivity index (χ4n) is 3.00. The van der Waals surface area contributed by atoms with Crippen LogP contribution in [0.4, 0.5) is 0 Å². The predicted octanol–water partition coefficient (Wildman–Crippen LogP) is 4.89. The molecule has 0 radical (unpaired) electrons. The van der Waals surface area contributed by atoms with Crippen LogP contribution >= 0.6 is 0 Å². The van der Waals surface area contributed by atoms with Crippen LogP contribution in [-0.2, 0) is 5.41 Å².